The highest BCUT2D eigenvalue weighted by Gasteiger charge is 2.02. The molecule has 1 aromatic carbocycles. The predicted molar refractivity (Wildman–Crippen MR) is 74.6 cm³/mol. The van der Waals surface area contributed by atoms with Crippen LogP contribution < -0.4 is 9.64 Å². The highest BCUT2D eigenvalue weighted by atomic mass is 35.5. The van der Waals surface area contributed by atoms with Crippen molar-refractivity contribution in [1.82, 2.24) is 4.98 Å². The molecule has 1 heterocycles. The summed E-state index contributed by atoms with van der Waals surface area (Å²) < 4.78 is 5.72. The average molecular weight is 263 g/mol. The molecule has 0 aliphatic carbocycles. The van der Waals surface area contributed by atoms with Crippen LogP contribution in [0, 0.1) is 0 Å². The number of benzene rings is 1. The molecule has 0 bridgehead atoms. The molecule has 1 aromatic heterocycles. The van der Waals surface area contributed by atoms with E-state index in [4.69, 9.17) is 16.3 Å². The van der Waals surface area contributed by atoms with Crippen molar-refractivity contribution in [2.75, 3.05) is 19.0 Å². The Kier molecular flexibility index (Phi) is 4.05. The van der Waals surface area contributed by atoms with Gasteiger partial charge in [0.1, 0.15) is 5.75 Å². The van der Waals surface area contributed by atoms with Gasteiger partial charge in [-0.25, -0.2) is 4.98 Å². The molecule has 0 amide bonds. The maximum atomic E-state index is 5.78. The van der Waals surface area contributed by atoms with Crippen molar-refractivity contribution >= 4 is 17.3 Å². The van der Waals surface area contributed by atoms with Gasteiger partial charge >= 0.3 is 0 Å². The van der Waals surface area contributed by atoms with E-state index in [-0.39, 0.29) is 0 Å². The Morgan fingerprint density at radius 1 is 1.22 bits per heavy atom. The van der Waals surface area contributed by atoms with Crippen LogP contribution >= 0.6 is 11.6 Å². The molecule has 4 heteroatoms. The van der Waals surface area contributed by atoms with Gasteiger partial charge in [0, 0.05) is 44.0 Å². The van der Waals surface area contributed by atoms with Gasteiger partial charge in [0.05, 0.1) is 0 Å². The van der Waals surface area contributed by atoms with Crippen molar-refractivity contribution in [2.24, 2.45) is 0 Å². The van der Waals surface area contributed by atoms with E-state index in [1.165, 1.54) is 0 Å². The lowest BCUT2D eigenvalue weighted by Crippen LogP contribution is -2.08. The molecule has 2 aromatic rings. The van der Waals surface area contributed by atoms with Crippen LogP contribution in [0.3, 0.4) is 0 Å². The number of aromatic nitrogens is 1. The van der Waals surface area contributed by atoms with Gasteiger partial charge in [0.2, 0.25) is 5.88 Å². The minimum Gasteiger partial charge on any atom is -0.439 e. The minimum absolute atomic E-state index is 0.455. The third-order valence-corrected chi connectivity index (χ3v) is 2.82. The first kappa shape index (κ1) is 12.7. The topological polar surface area (TPSA) is 25.4 Å². The molecule has 3 nitrogen and oxygen atoms in total. The van der Waals surface area contributed by atoms with Gasteiger partial charge in [-0.1, -0.05) is 6.07 Å². The molecule has 94 valence electrons. The summed E-state index contributed by atoms with van der Waals surface area (Å²) in [6.45, 7) is 0. The van der Waals surface area contributed by atoms with Crippen molar-refractivity contribution in [2.45, 2.75) is 5.88 Å². The van der Waals surface area contributed by atoms with Crippen LogP contribution in [0.15, 0.2) is 42.6 Å². The summed E-state index contributed by atoms with van der Waals surface area (Å²) in [5.41, 5.74) is 2.08. The van der Waals surface area contributed by atoms with Crippen LogP contribution in [0.25, 0.3) is 0 Å². The monoisotopic (exact) mass is 262 g/mol. The minimum atomic E-state index is 0.455. The van der Waals surface area contributed by atoms with E-state index >= 15 is 0 Å². The summed E-state index contributed by atoms with van der Waals surface area (Å²) in [6, 6.07) is 11.6. The summed E-state index contributed by atoms with van der Waals surface area (Å²) in [5, 5.41) is 0. The van der Waals surface area contributed by atoms with Crippen LogP contribution in [-0.2, 0) is 5.88 Å². The van der Waals surface area contributed by atoms with Crippen LogP contribution in [0.5, 0.6) is 11.6 Å². The van der Waals surface area contributed by atoms with Gasteiger partial charge in [-0.05, 0) is 23.8 Å². The summed E-state index contributed by atoms with van der Waals surface area (Å²) in [5.74, 6) is 1.78. The highest BCUT2D eigenvalue weighted by Crippen LogP contribution is 2.24. The van der Waals surface area contributed by atoms with Crippen molar-refractivity contribution in [1.29, 1.82) is 0 Å². The summed E-state index contributed by atoms with van der Waals surface area (Å²) in [7, 11) is 3.98. The fourth-order valence-corrected chi connectivity index (χ4v) is 1.70. The third kappa shape index (κ3) is 3.14. The molecular formula is C14H15ClN2O. The Bertz CT molecular complexity index is 529. The van der Waals surface area contributed by atoms with Crippen LogP contribution in [0.1, 0.15) is 5.56 Å². The van der Waals surface area contributed by atoms with Gasteiger partial charge in [-0.2, -0.15) is 0 Å². The van der Waals surface area contributed by atoms with Gasteiger partial charge in [0.15, 0.2) is 0 Å². The largest absolute Gasteiger partial charge is 0.439 e. The number of nitrogens with zero attached hydrogens (tertiary/aromatic N) is 2. The fourth-order valence-electron chi connectivity index (χ4n) is 1.54. The van der Waals surface area contributed by atoms with Crippen molar-refractivity contribution in [3.05, 3.63) is 48.2 Å². The lowest BCUT2D eigenvalue weighted by Gasteiger charge is -2.13. The molecule has 0 saturated carbocycles. The number of rotatable bonds is 4. The second-order valence-corrected chi connectivity index (χ2v) is 4.40. The number of ether oxygens (including phenoxy) is 1. The van der Waals surface area contributed by atoms with Crippen molar-refractivity contribution < 1.29 is 4.74 Å². The molecule has 0 aliphatic rings. The first-order chi connectivity index (χ1) is 8.69. The number of hydrogen-bond donors (Lipinski definition) is 0. The summed E-state index contributed by atoms with van der Waals surface area (Å²) >= 11 is 5.78. The van der Waals surface area contributed by atoms with E-state index in [2.05, 4.69) is 4.98 Å². The molecule has 0 atom stereocenters. The lowest BCUT2D eigenvalue weighted by molar-refractivity contribution is 0.462. The van der Waals surface area contributed by atoms with Crippen LogP contribution in [0.4, 0.5) is 5.69 Å². The second-order valence-electron chi connectivity index (χ2n) is 4.13. The number of hydrogen-bond acceptors (Lipinski definition) is 3. The smallest absolute Gasteiger partial charge is 0.219 e. The SMILES string of the molecule is CN(C)c1cccc(Oc2cc(CCl)ccn2)c1. The Morgan fingerprint density at radius 3 is 2.78 bits per heavy atom. The van der Waals surface area contributed by atoms with Crippen LogP contribution in [0.2, 0.25) is 0 Å². The fraction of sp³-hybridized carbons (Fsp3) is 0.214. The van der Waals surface area contributed by atoms with E-state index in [0.29, 0.717) is 11.8 Å². The molecule has 0 aliphatic heterocycles. The number of anilines is 1. The summed E-state index contributed by atoms with van der Waals surface area (Å²) in [4.78, 5) is 6.19. The molecule has 0 fully saturated rings. The predicted octanol–water partition coefficient (Wildman–Crippen LogP) is 3.68. The quantitative estimate of drug-likeness (QED) is 0.786. The van der Waals surface area contributed by atoms with Gasteiger partial charge in [0.25, 0.3) is 0 Å². The molecule has 0 saturated heterocycles. The third-order valence-electron chi connectivity index (χ3n) is 2.51. The zero-order valence-corrected chi connectivity index (χ0v) is 11.2. The molecule has 0 unspecified atom stereocenters. The zero-order chi connectivity index (χ0) is 13.0. The number of pyridine rings is 1. The Morgan fingerprint density at radius 2 is 2.06 bits per heavy atom. The van der Waals surface area contributed by atoms with E-state index in [9.17, 15) is 0 Å². The standard InChI is InChI=1S/C14H15ClN2O/c1-17(2)12-4-3-5-13(9-12)18-14-8-11(10-15)6-7-16-14/h3-9H,10H2,1-2H3. The van der Waals surface area contributed by atoms with E-state index in [1.54, 1.807) is 6.20 Å². The highest BCUT2D eigenvalue weighted by molar-refractivity contribution is 6.17. The molecule has 2 rings (SSSR count). The van der Waals surface area contributed by atoms with E-state index in [1.807, 2.05) is 55.4 Å². The van der Waals surface area contributed by atoms with Gasteiger partial charge < -0.3 is 9.64 Å². The molecular weight excluding hydrogens is 248 g/mol. The zero-order valence-electron chi connectivity index (χ0n) is 10.4. The Labute approximate surface area is 112 Å². The molecule has 18 heavy (non-hydrogen) atoms. The number of halogens is 1. The lowest BCUT2D eigenvalue weighted by atomic mass is 10.3. The second kappa shape index (κ2) is 5.74. The van der Waals surface area contributed by atoms with Crippen LogP contribution in [-0.4, -0.2) is 19.1 Å². The molecule has 0 spiro atoms. The summed E-state index contributed by atoms with van der Waals surface area (Å²) in [6.07, 6.45) is 1.70. The Hall–Kier alpha value is -1.74. The first-order valence-electron chi connectivity index (χ1n) is 5.65. The van der Waals surface area contributed by atoms with Crippen molar-refractivity contribution in [3.63, 3.8) is 0 Å². The Balaban J connectivity index is 2.20. The maximum absolute atomic E-state index is 5.78. The normalized spacial score (nSPS) is 10.2. The molecule has 0 radical (unpaired) electrons. The van der Waals surface area contributed by atoms with E-state index < -0.39 is 0 Å². The average Bonchev–Trinajstić information content (AvgIpc) is 2.39. The van der Waals surface area contributed by atoms with Crippen molar-refractivity contribution in [3.8, 4) is 11.6 Å². The van der Waals surface area contributed by atoms with E-state index in [0.717, 1.165) is 17.0 Å². The van der Waals surface area contributed by atoms with Gasteiger partial charge in [-0.15, -0.1) is 11.6 Å². The maximum Gasteiger partial charge on any atom is 0.219 e. The molecule has 0 N–H and O–H groups in total. The van der Waals surface area contributed by atoms with Gasteiger partial charge in [-0.3, -0.25) is 0 Å². The first-order valence-corrected chi connectivity index (χ1v) is 6.18. The number of alkyl halides is 1.